The van der Waals surface area contributed by atoms with Crippen molar-refractivity contribution in [1.29, 1.82) is 0 Å². The smallest absolute Gasteiger partial charge is 0.161 e. The largest absolute Gasteiger partial charge is 0.493 e. The van der Waals surface area contributed by atoms with Crippen LogP contribution < -0.4 is 9.47 Å². The van der Waals surface area contributed by atoms with Crippen LogP contribution in [0.2, 0.25) is 0 Å². The summed E-state index contributed by atoms with van der Waals surface area (Å²) in [5, 5.41) is 10.4. The number of nitrogens with zero attached hydrogens (tertiary/aromatic N) is 2. The molecule has 0 radical (unpaired) electrons. The summed E-state index contributed by atoms with van der Waals surface area (Å²) in [6, 6.07) is 6.15. The predicted octanol–water partition coefficient (Wildman–Crippen LogP) is 1.77. The lowest BCUT2D eigenvalue weighted by molar-refractivity contribution is 0.00443. The van der Waals surface area contributed by atoms with E-state index in [9.17, 15) is 5.11 Å². The van der Waals surface area contributed by atoms with E-state index in [0.29, 0.717) is 23.5 Å². The van der Waals surface area contributed by atoms with Gasteiger partial charge in [-0.2, -0.15) is 0 Å². The van der Waals surface area contributed by atoms with Gasteiger partial charge in [-0.15, -0.1) is 0 Å². The maximum Gasteiger partial charge on any atom is 0.161 e. The first-order valence-corrected chi connectivity index (χ1v) is 11.2. The minimum absolute atomic E-state index is 0.254. The summed E-state index contributed by atoms with van der Waals surface area (Å²) < 4.78 is 22.4. The lowest BCUT2D eigenvalue weighted by Crippen LogP contribution is -2.42. The van der Waals surface area contributed by atoms with Gasteiger partial charge < -0.3 is 24.1 Å². The van der Waals surface area contributed by atoms with Crippen LogP contribution in [0.1, 0.15) is 24.8 Å². The number of β-amino-alcohol motifs (C(OH)–C–C–N with tert-alkyl or cyclic N) is 1. The van der Waals surface area contributed by atoms with Gasteiger partial charge in [0, 0.05) is 45.9 Å². The Morgan fingerprint density at radius 1 is 1.00 bits per heavy atom. The molecule has 0 amide bonds. The van der Waals surface area contributed by atoms with Gasteiger partial charge in [-0.05, 0) is 48.9 Å². The molecule has 3 fully saturated rings. The maximum atomic E-state index is 10.4. The molecule has 1 N–H and O–H groups in total. The zero-order chi connectivity index (χ0) is 20.8. The predicted molar refractivity (Wildman–Crippen MR) is 114 cm³/mol. The lowest BCUT2D eigenvalue weighted by atomic mass is 9.80. The van der Waals surface area contributed by atoms with E-state index >= 15 is 0 Å². The molecule has 3 heterocycles. The van der Waals surface area contributed by atoms with Crippen LogP contribution in [0.4, 0.5) is 0 Å². The van der Waals surface area contributed by atoms with E-state index in [1.165, 1.54) is 24.8 Å². The van der Waals surface area contributed by atoms with Crippen LogP contribution in [-0.2, 0) is 16.0 Å². The third-order valence-corrected chi connectivity index (χ3v) is 6.71. The molecule has 0 saturated carbocycles. The highest BCUT2D eigenvalue weighted by molar-refractivity contribution is 5.43. The van der Waals surface area contributed by atoms with Crippen LogP contribution >= 0.6 is 0 Å². The second-order valence-corrected chi connectivity index (χ2v) is 8.94. The van der Waals surface area contributed by atoms with Crippen molar-refractivity contribution in [2.45, 2.75) is 31.9 Å². The molecule has 4 rings (SSSR count). The maximum absolute atomic E-state index is 10.4. The normalized spacial score (nSPS) is 23.5. The molecule has 1 unspecified atom stereocenters. The molecule has 3 saturated heterocycles. The van der Waals surface area contributed by atoms with E-state index in [2.05, 4.69) is 21.9 Å². The molecule has 30 heavy (non-hydrogen) atoms. The lowest BCUT2D eigenvalue weighted by Gasteiger charge is -2.33. The van der Waals surface area contributed by atoms with E-state index in [1.54, 1.807) is 7.11 Å². The summed E-state index contributed by atoms with van der Waals surface area (Å²) >= 11 is 0. The van der Waals surface area contributed by atoms with Crippen LogP contribution in [0.5, 0.6) is 11.5 Å². The molecule has 3 aliphatic heterocycles. The van der Waals surface area contributed by atoms with Crippen molar-refractivity contribution in [2.75, 3.05) is 72.9 Å². The first-order valence-electron chi connectivity index (χ1n) is 11.2. The first-order chi connectivity index (χ1) is 14.7. The first kappa shape index (κ1) is 21.8. The van der Waals surface area contributed by atoms with Gasteiger partial charge in [0.25, 0.3) is 0 Å². The van der Waals surface area contributed by atoms with Crippen LogP contribution in [0.25, 0.3) is 0 Å². The summed E-state index contributed by atoms with van der Waals surface area (Å²) in [6.45, 7) is 9.05. The van der Waals surface area contributed by atoms with Gasteiger partial charge >= 0.3 is 0 Å². The van der Waals surface area contributed by atoms with Crippen molar-refractivity contribution >= 4 is 0 Å². The van der Waals surface area contributed by atoms with Crippen molar-refractivity contribution in [3.63, 3.8) is 0 Å². The van der Waals surface area contributed by atoms with Crippen molar-refractivity contribution in [3.8, 4) is 11.5 Å². The SMILES string of the molecule is COc1ccc(CN2CCC3(CCOCC3)C2)cc1OCC(O)CN1CCOCC1. The molecule has 0 aliphatic carbocycles. The Bertz CT molecular complexity index is 674. The minimum atomic E-state index is -0.538. The molecule has 0 bridgehead atoms. The van der Waals surface area contributed by atoms with Crippen molar-refractivity contribution < 1.29 is 24.1 Å². The van der Waals surface area contributed by atoms with Gasteiger partial charge in [0.05, 0.1) is 20.3 Å². The Hall–Kier alpha value is -1.38. The van der Waals surface area contributed by atoms with Crippen LogP contribution in [0.15, 0.2) is 18.2 Å². The molecule has 7 heteroatoms. The number of aliphatic hydroxyl groups is 1. The number of aliphatic hydroxyl groups excluding tert-OH is 1. The van der Waals surface area contributed by atoms with E-state index < -0.39 is 6.10 Å². The van der Waals surface area contributed by atoms with Crippen molar-refractivity contribution in [2.24, 2.45) is 5.41 Å². The van der Waals surface area contributed by atoms with E-state index in [1.807, 2.05) is 6.07 Å². The van der Waals surface area contributed by atoms with Gasteiger partial charge in [0.1, 0.15) is 12.7 Å². The number of benzene rings is 1. The van der Waals surface area contributed by atoms with Crippen LogP contribution in [-0.4, -0.2) is 93.9 Å². The van der Waals surface area contributed by atoms with E-state index in [4.69, 9.17) is 18.9 Å². The van der Waals surface area contributed by atoms with E-state index in [-0.39, 0.29) is 6.61 Å². The van der Waals surface area contributed by atoms with Gasteiger partial charge in [0.15, 0.2) is 11.5 Å². The van der Waals surface area contributed by atoms with Gasteiger partial charge in [-0.3, -0.25) is 9.80 Å². The van der Waals surface area contributed by atoms with Crippen LogP contribution in [0.3, 0.4) is 0 Å². The molecule has 0 aromatic heterocycles. The highest BCUT2D eigenvalue weighted by Crippen LogP contribution is 2.40. The third kappa shape index (κ3) is 5.65. The topological polar surface area (TPSA) is 63.6 Å². The third-order valence-electron chi connectivity index (χ3n) is 6.71. The monoisotopic (exact) mass is 420 g/mol. The fourth-order valence-corrected chi connectivity index (χ4v) is 4.89. The minimum Gasteiger partial charge on any atom is -0.493 e. The number of likely N-dealkylation sites (tertiary alicyclic amines) is 1. The molecular weight excluding hydrogens is 384 g/mol. The summed E-state index contributed by atoms with van der Waals surface area (Å²) in [7, 11) is 1.65. The Balaban J connectivity index is 1.31. The number of ether oxygens (including phenoxy) is 4. The quantitative estimate of drug-likeness (QED) is 0.688. The summed E-state index contributed by atoms with van der Waals surface area (Å²) in [4.78, 5) is 4.76. The average molecular weight is 421 g/mol. The number of morpholine rings is 1. The molecule has 1 spiro atoms. The molecule has 7 nitrogen and oxygen atoms in total. The van der Waals surface area contributed by atoms with E-state index in [0.717, 1.165) is 59.2 Å². The average Bonchev–Trinajstić information content (AvgIpc) is 3.15. The van der Waals surface area contributed by atoms with Crippen molar-refractivity contribution in [1.82, 2.24) is 9.80 Å². The summed E-state index contributed by atoms with van der Waals surface area (Å²) in [5.74, 6) is 1.41. The number of methoxy groups -OCH3 is 1. The summed E-state index contributed by atoms with van der Waals surface area (Å²) in [5.41, 5.74) is 1.67. The zero-order valence-electron chi connectivity index (χ0n) is 18.2. The highest BCUT2D eigenvalue weighted by Gasteiger charge is 2.39. The fraction of sp³-hybridized carbons (Fsp3) is 0.739. The Kier molecular flexibility index (Phi) is 7.49. The fourth-order valence-electron chi connectivity index (χ4n) is 4.89. The highest BCUT2D eigenvalue weighted by atomic mass is 16.5. The summed E-state index contributed by atoms with van der Waals surface area (Å²) in [6.07, 6.45) is 3.09. The molecular formula is C23H36N2O5. The standard InChI is InChI=1S/C23H36N2O5/c1-27-21-3-2-19(15-25-7-4-23(18-25)5-10-28-11-6-23)14-22(21)30-17-20(26)16-24-8-12-29-13-9-24/h2-3,14,20,26H,4-13,15-18H2,1H3. The molecule has 1 aromatic carbocycles. The number of rotatable bonds is 8. The van der Waals surface area contributed by atoms with Crippen LogP contribution in [0, 0.1) is 5.41 Å². The molecule has 1 aromatic rings. The molecule has 3 aliphatic rings. The second kappa shape index (κ2) is 10.3. The van der Waals surface area contributed by atoms with Gasteiger partial charge in [-0.25, -0.2) is 0 Å². The molecule has 168 valence electrons. The van der Waals surface area contributed by atoms with Gasteiger partial charge in [-0.1, -0.05) is 6.07 Å². The van der Waals surface area contributed by atoms with Gasteiger partial charge in [0.2, 0.25) is 0 Å². The number of hydrogen-bond donors (Lipinski definition) is 1. The molecule has 1 atom stereocenters. The van der Waals surface area contributed by atoms with Crippen molar-refractivity contribution in [3.05, 3.63) is 23.8 Å². The Morgan fingerprint density at radius 3 is 2.53 bits per heavy atom. The number of hydrogen-bond acceptors (Lipinski definition) is 7. The zero-order valence-corrected chi connectivity index (χ0v) is 18.2. The second-order valence-electron chi connectivity index (χ2n) is 8.94. The Morgan fingerprint density at radius 2 is 1.77 bits per heavy atom. The Labute approximate surface area is 179 Å².